The number of fused-ring (bicyclic) bond motifs is 1. The van der Waals surface area contributed by atoms with Gasteiger partial charge in [0.25, 0.3) is 5.56 Å². The third-order valence-corrected chi connectivity index (χ3v) is 14.7. The number of rotatable bonds is 26. The molecule has 0 bridgehead atoms. The standard InChI is InChI=1S/C32H52N7O18P3S/c40-22-16-28(55-23(22)18-54-59(50,51)57-60(52,53)56-58(47,48)49)39-17-20(30(44)38-32(39)46)8-6-14-34-27(43)12-7-15-35-25(41)10-2-1-5-13-33-26(42)11-4-3-9-24-29-21(19-61-24)36-31(45)37-29/h6,8,17,21-24,28-29,40H,1-5,7,9-16,18-19H2,(H,33,42)(H,34,43)(H,35,41)(H,50,51)(H,52,53)(H2,36,37,45)(H,38,44,46)(H2,47,48,49)/b8-6+. The second-order valence-electron chi connectivity index (χ2n) is 14.3. The van der Waals surface area contributed by atoms with E-state index in [1.807, 2.05) is 11.8 Å². The maximum atomic E-state index is 12.5. The fourth-order valence-corrected chi connectivity index (χ4v) is 11.1. The van der Waals surface area contributed by atoms with Crippen LogP contribution >= 0.6 is 35.2 Å². The Kier molecular flexibility index (Phi) is 19.4. The Morgan fingerprint density at radius 2 is 1.52 bits per heavy atom. The highest BCUT2D eigenvalue weighted by Crippen LogP contribution is 2.66. The number of H-pyrrole nitrogens is 1. The lowest BCUT2D eigenvalue weighted by Gasteiger charge is -2.19. The van der Waals surface area contributed by atoms with Gasteiger partial charge in [-0.05, 0) is 32.1 Å². The molecule has 3 aliphatic rings. The number of phosphoric ester groups is 1. The predicted molar refractivity (Wildman–Crippen MR) is 215 cm³/mol. The Morgan fingerprint density at radius 1 is 0.869 bits per heavy atom. The number of aromatic amines is 1. The molecule has 0 spiro atoms. The van der Waals surface area contributed by atoms with Gasteiger partial charge in [-0.1, -0.05) is 25.0 Å². The van der Waals surface area contributed by atoms with Crippen LogP contribution in [0.15, 0.2) is 21.9 Å². The Morgan fingerprint density at radius 3 is 2.23 bits per heavy atom. The molecule has 4 heterocycles. The first-order chi connectivity index (χ1) is 28.7. The van der Waals surface area contributed by atoms with Gasteiger partial charge in [-0.3, -0.25) is 33.3 Å². The van der Waals surface area contributed by atoms with Gasteiger partial charge in [0.15, 0.2) is 0 Å². The number of aliphatic hydroxyl groups is 1. The molecule has 3 aliphatic heterocycles. The summed E-state index contributed by atoms with van der Waals surface area (Å²) in [7, 11) is -16.9. The summed E-state index contributed by atoms with van der Waals surface area (Å²) < 4.78 is 52.4. The average Bonchev–Trinajstić information content (AvgIpc) is 3.83. The largest absolute Gasteiger partial charge is 0.490 e. The van der Waals surface area contributed by atoms with Gasteiger partial charge in [-0.2, -0.15) is 20.4 Å². The summed E-state index contributed by atoms with van der Waals surface area (Å²) in [6.07, 6.45) is 5.55. The number of aliphatic hydroxyl groups excluding tert-OH is 1. The minimum absolute atomic E-state index is 0.00415. The van der Waals surface area contributed by atoms with Crippen LogP contribution in [0, 0.1) is 0 Å². The van der Waals surface area contributed by atoms with Gasteiger partial charge in [0.05, 0.1) is 30.4 Å². The van der Waals surface area contributed by atoms with E-state index in [2.05, 4.69) is 44.7 Å². The number of nitrogens with zero attached hydrogens (tertiary/aromatic N) is 1. The van der Waals surface area contributed by atoms with E-state index >= 15 is 0 Å². The van der Waals surface area contributed by atoms with Crippen LogP contribution in [0.1, 0.15) is 82.4 Å². The molecule has 3 fully saturated rings. The number of hydrogen-bond donors (Lipinski definition) is 11. The number of amides is 5. The van der Waals surface area contributed by atoms with Gasteiger partial charge in [-0.15, -0.1) is 0 Å². The van der Waals surface area contributed by atoms with E-state index in [1.165, 1.54) is 12.2 Å². The summed E-state index contributed by atoms with van der Waals surface area (Å²) in [5, 5.41) is 24.9. The van der Waals surface area contributed by atoms with E-state index in [0.29, 0.717) is 44.0 Å². The Hall–Kier alpha value is -3.22. The number of ether oxygens (including phenoxy) is 1. The molecule has 5 amide bonds. The monoisotopic (exact) mass is 947 g/mol. The van der Waals surface area contributed by atoms with E-state index in [9.17, 15) is 57.4 Å². The predicted octanol–water partition coefficient (Wildman–Crippen LogP) is -0.0435. The van der Waals surface area contributed by atoms with Crippen LogP contribution < -0.4 is 37.8 Å². The maximum absolute atomic E-state index is 12.5. The van der Waals surface area contributed by atoms with Crippen LogP contribution in [0.2, 0.25) is 0 Å². The van der Waals surface area contributed by atoms with Crippen LogP contribution in [0.3, 0.4) is 0 Å². The second kappa shape index (κ2) is 23.5. The number of thioether (sulfide) groups is 1. The fraction of sp³-hybridized carbons (Fsp3) is 0.688. The van der Waals surface area contributed by atoms with Gasteiger partial charge >= 0.3 is 35.2 Å². The molecule has 0 aliphatic carbocycles. The Balaban J connectivity index is 1.04. The maximum Gasteiger partial charge on any atom is 0.490 e. The lowest BCUT2D eigenvalue weighted by molar-refractivity contribution is -0.122. The van der Waals surface area contributed by atoms with Crippen molar-refractivity contribution in [1.82, 2.24) is 36.1 Å². The van der Waals surface area contributed by atoms with E-state index in [0.717, 1.165) is 48.6 Å². The van der Waals surface area contributed by atoms with Crippen molar-refractivity contribution >= 4 is 65.1 Å². The molecule has 61 heavy (non-hydrogen) atoms. The number of hydrogen-bond acceptors (Lipinski definition) is 15. The molecule has 4 rings (SSSR count). The SMILES string of the molecule is O=C(CCCNC(=O)CCCCCNC(=O)CCCCC1SCC2NC(=O)NC21)NC/C=C/c1cn(C2CC(O)C(COP(=O)(O)OP(=O)(O)OP(=O)(O)O)O2)c(=O)[nH]c1=O. The Labute approximate surface area is 353 Å². The zero-order valence-corrected chi connectivity index (χ0v) is 36.3. The van der Waals surface area contributed by atoms with Crippen molar-refractivity contribution in [3.05, 3.63) is 38.7 Å². The third-order valence-electron chi connectivity index (χ3n) is 9.43. The number of nitrogens with one attached hydrogen (secondary N) is 6. The first-order valence-corrected chi connectivity index (χ1v) is 24.9. The van der Waals surface area contributed by atoms with Gasteiger partial charge in [0.1, 0.15) is 12.3 Å². The molecule has 1 aromatic heterocycles. The molecular weight excluding hydrogens is 895 g/mol. The number of phosphoric acid groups is 3. The molecule has 25 nitrogen and oxygen atoms in total. The molecule has 344 valence electrons. The molecule has 8 unspecified atom stereocenters. The molecular formula is C32H52N7O18P3S. The average molecular weight is 948 g/mol. The van der Waals surface area contributed by atoms with Crippen LogP contribution in [0.25, 0.3) is 6.08 Å². The molecule has 11 N–H and O–H groups in total. The molecule has 0 saturated carbocycles. The van der Waals surface area contributed by atoms with Crippen LogP contribution in [0.5, 0.6) is 0 Å². The highest BCUT2D eigenvalue weighted by atomic mass is 32.2. The van der Waals surface area contributed by atoms with Crippen molar-refractivity contribution in [2.75, 3.05) is 32.0 Å². The number of unbranched alkanes of at least 4 members (excludes halogenated alkanes) is 3. The van der Waals surface area contributed by atoms with Crippen molar-refractivity contribution in [3.8, 4) is 0 Å². The molecule has 29 heteroatoms. The van der Waals surface area contributed by atoms with Crippen molar-refractivity contribution in [3.63, 3.8) is 0 Å². The zero-order valence-electron chi connectivity index (χ0n) is 32.8. The highest BCUT2D eigenvalue weighted by Gasteiger charge is 2.44. The summed E-state index contributed by atoms with van der Waals surface area (Å²) in [6, 6.07) is 0.260. The second-order valence-corrected chi connectivity index (χ2v) is 20.0. The highest BCUT2D eigenvalue weighted by molar-refractivity contribution is 8.00. The smallest absolute Gasteiger partial charge is 0.390 e. The van der Waals surface area contributed by atoms with Gasteiger partial charge in [0.2, 0.25) is 17.7 Å². The fourth-order valence-electron chi connectivity index (χ4n) is 6.53. The summed E-state index contributed by atoms with van der Waals surface area (Å²) in [5.41, 5.74) is -1.77. The molecule has 0 aromatic carbocycles. The normalized spacial score (nSPS) is 24.4. The van der Waals surface area contributed by atoms with Crippen molar-refractivity contribution in [2.45, 2.75) is 106 Å². The molecule has 8 atom stereocenters. The molecule has 3 saturated heterocycles. The summed E-state index contributed by atoms with van der Waals surface area (Å²) >= 11 is 1.86. The van der Waals surface area contributed by atoms with E-state index in [1.54, 1.807) is 0 Å². The number of aromatic nitrogens is 2. The van der Waals surface area contributed by atoms with E-state index < -0.39 is 59.8 Å². The van der Waals surface area contributed by atoms with E-state index in [4.69, 9.17) is 14.5 Å². The van der Waals surface area contributed by atoms with Crippen LogP contribution in [-0.2, 0) is 46.0 Å². The van der Waals surface area contributed by atoms with Crippen molar-refractivity contribution in [2.24, 2.45) is 0 Å². The zero-order chi connectivity index (χ0) is 44.8. The lowest BCUT2D eigenvalue weighted by Crippen LogP contribution is -2.36. The summed E-state index contributed by atoms with van der Waals surface area (Å²) in [6.45, 7) is -0.130. The first-order valence-electron chi connectivity index (χ1n) is 19.3. The topological polar surface area (TPSA) is 373 Å². The third kappa shape index (κ3) is 17.8. The number of urea groups is 1. The molecule has 0 radical (unpaired) electrons. The van der Waals surface area contributed by atoms with Crippen molar-refractivity contribution < 1.29 is 75.4 Å². The van der Waals surface area contributed by atoms with Gasteiger partial charge in [0, 0.05) is 62.5 Å². The lowest BCUT2D eigenvalue weighted by atomic mass is 10.0. The number of carbonyl (C=O) groups is 4. The summed E-state index contributed by atoms with van der Waals surface area (Å²) in [5.74, 6) is 0.451. The minimum Gasteiger partial charge on any atom is -0.390 e. The van der Waals surface area contributed by atoms with Crippen molar-refractivity contribution in [1.29, 1.82) is 0 Å². The minimum atomic E-state index is -5.77. The van der Waals surface area contributed by atoms with Crippen LogP contribution in [-0.4, -0.2) is 120 Å². The molecule has 1 aromatic rings. The number of carbonyl (C=O) groups excluding carboxylic acids is 4. The first kappa shape index (κ1) is 50.4. The summed E-state index contributed by atoms with van der Waals surface area (Å²) in [4.78, 5) is 111. The Bertz CT molecular complexity index is 2000. The quantitative estimate of drug-likeness (QED) is 0.0330. The van der Waals surface area contributed by atoms with Crippen LogP contribution in [0.4, 0.5) is 4.79 Å². The van der Waals surface area contributed by atoms with Gasteiger partial charge < -0.3 is 56.0 Å². The van der Waals surface area contributed by atoms with E-state index in [-0.39, 0.29) is 60.8 Å². The van der Waals surface area contributed by atoms with Gasteiger partial charge in [-0.25, -0.2) is 23.3 Å².